The fourth-order valence-corrected chi connectivity index (χ4v) is 2.42. The van der Waals surface area contributed by atoms with Crippen molar-refractivity contribution in [2.45, 2.75) is 32.2 Å². The van der Waals surface area contributed by atoms with Gasteiger partial charge in [0, 0.05) is 19.5 Å². The largest absolute Gasteiger partial charge is 0.341 e. The predicted molar refractivity (Wildman–Crippen MR) is 64.9 cm³/mol. The topological polar surface area (TPSA) is 20.3 Å². The van der Waals surface area contributed by atoms with Gasteiger partial charge >= 0.3 is 0 Å². The van der Waals surface area contributed by atoms with Gasteiger partial charge in [0.15, 0.2) is 0 Å². The van der Waals surface area contributed by atoms with Gasteiger partial charge in [-0.1, -0.05) is 43.2 Å². The van der Waals surface area contributed by atoms with Gasteiger partial charge in [0.25, 0.3) is 0 Å². The minimum Gasteiger partial charge on any atom is -0.341 e. The summed E-state index contributed by atoms with van der Waals surface area (Å²) in [6.07, 6.45) is 4.60. The summed E-state index contributed by atoms with van der Waals surface area (Å²) in [6.45, 7) is 0.732. The van der Waals surface area contributed by atoms with Gasteiger partial charge in [-0.3, -0.25) is 4.79 Å². The third-order valence-corrected chi connectivity index (χ3v) is 3.34. The van der Waals surface area contributed by atoms with E-state index in [2.05, 4.69) is 12.1 Å². The lowest BCUT2D eigenvalue weighted by atomic mass is 10.1. The Balaban J connectivity index is 1.92. The van der Waals surface area contributed by atoms with Crippen molar-refractivity contribution >= 4 is 5.91 Å². The molecule has 1 aromatic rings. The molecule has 1 aliphatic rings. The first kappa shape index (κ1) is 11.2. The van der Waals surface area contributed by atoms with Crippen LogP contribution in [-0.4, -0.2) is 17.9 Å². The van der Waals surface area contributed by atoms with E-state index in [0.717, 1.165) is 19.4 Å². The molecule has 2 nitrogen and oxygen atoms in total. The zero-order chi connectivity index (χ0) is 11.4. The molecule has 1 saturated carbocycles. The normalized spacial score (nSPS) is 16.3. The number of hydrogen-bond acceptors (Lipinski definition) is 1. The second-order valence-electron chi connectivity index (χ2n) is 4.66. The van der Waals surface area contributed by atoms with Crippen molar-refractivity contribution < 1.29 is 4.79 Å². The zero-order valence-electron chi connectivity index (χ0n) is 9.86. The molecule has 0 N–H and O–H groups in total. The Hall–Kier alpha value is -1.31. The summed E-state index contributed by atoms with van der Waals surface area (Å²) in [7, 11) is 1.91. The van der Waals surface area contributed by atoms with E-state index in [-0.39, 0.29) is 5.92 Å². The highest BCUT2D eigenvalue weighted by molar-refractivity contribution is 5.78. The molecule has 0 aromatic heterocycles. The highest BCUT2D eigenvalue weighted by Crippen LogP contribution is 2.26. The van der Waals surface area contributed by atoms with Gasteiger partial charge in [0.2, 0.25) is 5.91 Å². The first-order valence-corrected chi connectivity index (χ1v) is 6.06. The summed E-state index contributed by atoms with van der Waals surface area (Å²) in [4.78, 5) is 13.9. The number of nitrogens with zero attached hydrogens (tertiary/aromatic N) is 1. The molecular weight excluding hydrogens is 198 g/mol. The molecule has 0 unspecified atom stereocenters. The smallest absolute Gasteiger partial charge is 0.225 e. The van der Waals surface area contributed by atoms with Crippen LogP contribution >= 0.6 is 0 Å². The Morgan fingerprint density at radius 2 is 1.88 bits per heavy atom. The van der Waals surface area contributed by atoms with Crippen molar-refractivity contribution in [3.8, 4) is 0 Å². The third kappa shape index (κ3) is 2.63. The van der Waals surface area contributed by atoms with Crippen molar-refractivity contribution in [1.29, 1.82) is 0 Å². The van der Waals surface area contributed by atoms with Crippen LogP contribution in [0.5, 0.6) is 0 Å². The number of hydrogen-bond donors (Lipinski definition) is 0. The molecule has 1 aromatic carbocycles. The van der Waals surface area contributed by atoms with E-state index < -0.39 is 0 Å². The molecular formula is C14H19NO. The van der Waals surface area contributed by atoms with Crippen molar-refractivity contribution in [3.63, 3.8) is 0 Å². The average Bonchev–Trinajstić information content (AvgIpc) is 2.83. The van der Waals surface area contributed by atoms with Gasteiger partial charge in [-0.25, -0.2) is 0 Å². The van der Waals surface area contributed by atoms with Crippen molar-refractivity contribution in [2.75, 3.05) is 7.05 Å². The Morgan fingerprint density at radius 3 is 2.50 bits per heavy atom. The SMILES string of the molecule is CN(Cc1ccccc1)C(=O)C1CCCC1. The number of benzene rings is 1. The number of carbonyl (C=O) groups excluding carboxylic acids is 1. The van der Waals surface area contributed by atoms with Crippen molar-refractivity contribution in [2.24, 2.45) is 5.92 Å². The maximum Gasteiger partial charge on any atom is 0.225 e. The molecule has 1 aliphatic carbocycles. The Bertz CT molecular complexity index is 341. The maximum atomic E-state index is 12.1. The first-order chi connectivity index (χ1) is 7.77. The maximum absolute atomic E-state index is 12.1. The number of carbonyl (C=O) groups is 1. The second kappa shape index (κ2) is 5.15. The van der Waals surface area contributed by atoms with Gasteiger partial charge in [0.1, 0.15) is 0 Å². The third-order valence-electron chi connectivity index (χ3n) is 3.34. The monoisotopic (exact) mass is 217 g/mol. The predicted octanol–water partition coefficient (Wildman–Crippen LogP) is 2.84. The molecule has 0 saturated heterocycles. The lowest BCUT2D eigenvalue weighted by Crippen LogP contribution is -2.31. The molecule has 0 spiro atoms. The van der Waals surface area contributed by atoms with E-state index in [1.54, 1.807) is 0 Å². The van der Waals surface area contributed by atoms with Gasteiger partial charge in [-0.05, 0) is 18.4 Å². The van der Waals surface area contributed by atoms with Crippen LogP contribution in [-0.2, 0) is 11.3 Å². The Morgan fingerprint density at radius 1 is 1.25 bits per heavy atom. The van der Waals surface area contributed by atoms with Crippen LogP contribution in [0.4, 0.5) is 0 Å². The van der Waals surface area contributed by atoms with E-state index >= 15 is 0 Å². The lowest BCUT2D eigenvalue weighted by molar-refractivity contribution is -0.134. The van der Waals surface area contributed by atoms with Crippen LogP contribution in [0.3, 0.4) is 0 Å². The summed E-state index contributed by atoms with van der Waals surface area (Å²) >= 11 is 0. The second-order valence-corrected chi connectivity index (χ2v) is 4.66. The Labute approximate surface area is 97.3 Å². The molecule has 0 aliphatic heterocycles. The number of rotatable bonds is 3. The standard InChI is InChI=1S/C14H19NO/c1-15(11-12-7-3-2-4-8-12)14(16)13-9-5-6-10-13/h2-4,7-8,13H,5-6,9-11H2,1H3. The molecule has 1 fully saturated rings. The van der Waals surface area contributed by atoms with Crippen LogP contribution in [0, 0.1) is 5.92 Å². The minimum absolute atomic E-state index is 0.286. The van der Waals surface area contributed by atoms with Crippen LogP contribution in [0.2, 0.25) is 0 Å². The summed E-state index contributed by atoms with van der Waals surface area (Å²) in [5.74, 6) is 0.607. The molecule has 0 radical (unpaired) electrons. The van der Waals surface area contributed by atoms with Crippen LogP contribution < -0.4 is 0 Å². The molecule has 16 heavy (non-hydrogen) atoms. The van der Waals surface area contributed by atoms with Crippen molar-refractivity contribution in [1.82, 2.24) is 4.90 Å². The van der Waals surface area contributed by atoms with E-state index in [0.29, 0.717) is 5.91 Å². The van der Waals surface area contributed by atoms with Gasteiger partial charge in [-0.15, -0.1) is 0 Å². The van der Waals surface area contributed by atoms with Crippen molar-refractivity contribution in [3.05, 3.63) is 35.9 Å². The molecule has 0 atom stereocenters. The average molecular weight is 217 g/mol. The molecule has 86 valence electrons. The van der Waals surface area contributed by atoms with E-state index in [1.807, 2.05) is 30.1 Å². The molecule has 2 heteroatoms. The summed E-state index contributed by atoms with van der Waals surface area (Å²) < 4.78 is 0. The molecule has 0 bridgehead atoms. The molecule has 1 amide bonds. The van der Waals surface area contributed by atoms with Gasteiger partial charge < -0.3 is 4.90 Å². The highest BCUT2D eigenvalue weighted by atomic mass is 16.2. The number of amides is 1. The van der Waals surface area contributed by atoms with Crippen LogP contribution in [0.1, 0.15) is 31.2 Å². The fraction of sp³-hybridized carbons (Fsp3) is 0.500. The zero-order valence-corrected chi connectivity index (χ0v) is 9.86. The van der Waals surface area contributed by atoms with Crippen LogP contribution in [0.25, 0.3) is 0 Å². The summed E-state index contributed by atoms with van der Waals surface area (Å²) in [5.41, 5.74) is 1.20. The van der Waals surface area contributed by atoms with Gasteiger partial charge in [0.05, 0.1) is 0 Å². The molecule has 2 rings (SSSR count). The fourth-order valence-electron chi connectivity index (χ4n) is 2.42. The van der Waals surface area contributed by atoms with Crippen LogP contribution in [0.15, 0.2) is 30.3 Å². The summed E-state index contributed by atoms with van der Waals surface area (Å²) in [5, 5.41) is 0. The van der Waals surface area contributed by atoms with E-state index in [4.69, 9.17) is 0 Å². The highest BCUT2D eigenvalue weighted by Gasteiger charge is 2.25. The quantitative estimate of drug-likeness (QED) is 0.762. The molecule has 0 heterocycles. The minimum atomic E-state index is 0.286. The van der Waals surface area contributed by atoms with Gasteiger partial charge in [-0.2, -0.15) is 0 Å². The first-order valence-electron chi connectivity index (χ1n) is 6.06. The lowest BCUT2D eigenvalue weighted by Gasteiger charge is -2.20. The van der Waals surface area contributed by atoms with E-state index in [9.17, 15) is 4.79 Å². The Kier molecular flexibility index (Phi) is 3.60. The van der Waals surface area contributed by atoms with E-state index in [1.165, 1.54) is 18.4 Å². The summed E-state index contributed by atoms with van der Waals surface area (Å²) in [6, 6.07) is 10.2.